The molecule has 2 N–H and O–H groups in total. The van der Waals surface area contributed by atoms with Gasteiger partial charge in [-0.25, -0.2) is 0 Å². The summed E-state index contributed by atoms with van der Waals surface area (Å²) in [6, 6.07) is 5.54. The summed E-state index contributed by atoms with van der Waals surface area (Å²) in [6.07, 6.45) is 0.358. The highest BCUT2D eigenvalue weighted by Gasteiger charge is 2.03. The molecule has 0 aliphatic carbocycles. The Balaban J connectivity index is 3.20. The quantitative estimate of drug-likeness (QED) is 0.675. The molecule has 0 aliphatic heterocycles. The molecule has 0 aromatic heterocycles. The molecule has 1 rings (SSSR count). The van der Waals surface area contributed by atoms with Gasteiger partial charge in [0.25, 0.3) is 0 Å². The molecule has 0 heterocycles. The molecular weight excluding hydrogens is 172 g/mol. The van der Waals surface area contributed by atoms with E-state index in [9.17, 15) is 0 Å². The van der Waals surface area contributed by atoms with E-state index in [1.54, 1.807) is 12.1 Å². The first-order valence-corrected chi connectivity index (χ1v) is 3.94. The molecule has 0 fully saturated rings. The highest BCUT2D eigenvalue weighted by molar-refractivity contribution is 6.31. The Morgan fingerprint density at radius 3 is 2.83 bits per heavy atom. The smallest absolute Gasteiger partial charge is 0.0669 e. The first-order valence-electron chi connectivity index (χ1n) is 3.56. The van der Waals surface area contributed by atoms with Crippen molar-refractivity contribution in [2.24, 2.45) is 0 Å². The first-order chi connectivity index (χ1) is 5.65. The van der Waals surface area contributed by atoms with Crippen molar-refractivity contribution in [2.45, 2.75) is 13.3 Å². The van der Waals surface area contributed by atoms with Gasteiger partial charge in [0.1, 0.15) is 0 Å². The van der Waals surface area contributed by atoms with E-state index >= 15 is 0 Å². The van der Waals surface area contributed by atoms with Crippen LogP contribution in [0.5, 0.6) is 0 Å². The number of hydrogen-bond acceptors (Lipinski definition) is 2. The van der Waals surface area contributed by atoms with Crippen LogP contribution in [0.3, 0.4) is 0 Å². The van der Waals surface area contributed by atoms with Crippen molar-refractivity contribution in [1.82, 2.24) is 0 Å². The van der Waals surface area contributed by atoms with Gasteiger partial charge in [-0.05, 0) is 30.2 Å². The maximum absolute atomic E-state index is 8.49. The maximum Gasteiger partial charge on any atom is 0.0669 e. The van der Waals surface area contributed by atoms with Gasteiger partial charge in [0.2, 0.25) is 0 Å². The SMILES string of the molecule is Cc1c(Cl)cc(N)cc1CC#N. The second kappa shape index (κ2) is 3.46. The minimum Gasteiger partial charge on any atom is -0.399 e. The third-order valence-electron chi connectivity index (χ3n) is 1.74. The van der Waals surface area contributed by atoms with Crippen molar-refractivity contribution in [1.29, 1.82) is 5.26 Å². The third-order valence-corrected chi connectivity index (χ3v) is 2.14. The van der Waals surface area contributed by atoms with E-state index in [1.807, 2.05) is 6.92 Å². The largest absolute Gasteiger partial charge is 0.399 e. The molecule has 0 amide bonds. The van der Waals surface area contributed by atoms with Crippen molar-refractivity contribution in [3.63, 3.8) is 0 Å². The Morgan fingerprint density at radius 2 is 2.25 bits per heavy atom. The molecule has 0 atom stereocenters. The molecule has 0 saturated carbocycles. The average Bonchev–Trinajstić information content (AvgIpc) is 2.00. The lowest BCUT2D eigenvalue weighted by atomic mass is 10.1. The lowest BCUT2D eigenvalue weighted by molar-refractivity contribution is 1.21. The van der Waals surface area contributed by atoms with E-state index in [1.165, 1.54) is 0 Å². The third kappa shape index (κ3) is 1.69. The monoisotopic (exact) mass is 180 g/mol. The summed E-state index contributed by atoms with van der Waals surface area (Å²) in [5, 5.41) is 9.12. The molecular formula is C9H9ClN2. The van der Waals surface area contributed by atoms with Gasteiger partial charge in [-0.3, -0.25) is 0 Å². The van der Waals surface area contributed by atoms with Gasteiger partial charge in [0.05, 0.1) is 12.5 Å². The second-order valence-corrected chi connectivity index (χ2v) is 3.03. The molecule has 0 saturated heterocycles. The Labute approximate surface area is 76.6 Å². The van der Waals surface area contributed by atoms with Gasteiger partial charge in [-0.1, -0.05) is 11.6 Å². The fourth-order valence-corrected chi connectivity index (χ4v) is 1.28. The number of benzene rings is 1. The standard InChI is InChI=1S/C9H9ClN2/c1-6-7(2-3-11)4-8(12)5-9(6)10/h4-5H,2,12H2,1H3. The number of rotatable bonds is 1. The van der Waals surface area contributed by atoms with E-state index in [4.69, 9.17) is 22.6 Å². The first kappa shape index (κ1) is 8.89. The summed E-state index contributed by atoms with van der Waals surface area (Å²) in [5.41, 5.74) is 8.01. The van der Waals surface area contributed by atoms with Gasteiger partial charge in [-0.2, -0.15) is 5.26 Å². The van der Waals surface area contributed by atoms with Crippen molar-refractivity contribution in [2.75, 3.05) is 5.73 Å². The lowest BCUT2D eigenvalue weighted by Crippen LogP contribution is -1.93. The second-order valence-electron chi connectivity index (χ2n) is 2.62. The molecule has 3 heteroatoms. The van der Waals surface area contributed by atoms with Gasteiger partial charge in [0.15, 0.2) is 0 Å². The predicted molar refractivity (Wildman–Crippen MR) is 49.9 cm³/mol. The summed E-state index contributed by atoms with van der Waals surface area (Å²) in [6.45, 7) is 1.88. The van der Waals surface area contributed by atoms with E-state index in [0.717, 1.165) is 11.1 Å². The fraction of sp³-hybridized carbons (Fsp3) is 0.222. The van der Waals surface area contributed by atoms with Gasteiger partial charge in [-0.15, -0.1) is 0 Å². The number of halogens is 1. The van der Waals surface area contributed by atoms with Gasteiger partial charge >= 0.3 is 0 Å². The molecule has 0 bridgehead atoms. The van der Waals surface area contributed by atoms with Crippen LogP contribution in [0.4, 0.5) is 5.69 Å². The highest BCUT2D eigenvalue weighted by atomic mass is 35.5. The molecule has 2 nitrogen and oxygen atoms in total. The molecule has 12 heavy (non-hydrogen) atoms. The minimum absolute atomic E-state index is 0.358. The Morgan fingerprint density at radius 1 is 1.58 bits per heavy atom. The van der Waals surface area contributed by atoms with Crippen LogP contribution in [0.1, 0.15) is 11.1 Å². The minimum atomic E-state index is 0.358. The zero-order chi connectivity index (χ0) is 9.14. The van der Waals surface area contributed by atoms with Crippen molar-refractivity contribution < 1.29 is 0 Å². The summed E-state index contributed by atoms with van der Waals surface area (Å²) in [7, 11) is 0. The van der Waals surface area contributed by atoms with E-state index in [0.29, 0.717) is 17.1 Å². The number of nitrogens with zero attached hydrogens (tertiary/aromatic N) is 1. The highest BCUT2D eigenvalue weighted by Crippen LogP contribution is 2.22. The maximum atomic E-state index is 8.49. The van der Waals surface area contributed by atoms with E-state index < -0.39 is 0 Å². The van der Waals surface area contributed by atoms with Crippen LogP contribution < -0.4 is 5.73 Å². The van der Waals surface area contributed by atoms with Crippen LogP contribution in [0.25, 0.3) is 0 Å². The Kier molecular flexibility index (Phi) is 2.57. The summed E-state index contributed by atoms with van der Waals surface area (Å²) >= 11 is 5.87. The van der Waals surface area contributed by atoms with Crippen LogP contribution in [0.2, 0.25) is 5.02 Å². The van der Waals surface area contributed by atoms with Gasteiger partial charge < -0.3 is 5.73 Å². The Bertz CT molecular complexity index is 339. The number of hydrogen-bond donors (Lipinski definition) is 1. The fourth-order valence-electron chi connectivity index (χ4n) is 1.03. The number of nitrogens with two attached hydrogens (primary N) is 1. The van der Waals surface area contributed by atoms with Crippen LogP contribution in [0, 0.1) is 18.3 Å². The zero-order valence-electron chi connectivity index (χ0n) is 6.76. The van der Waals surface area contributed by atoms with E-state index in [2.05, 4.69) is 6.07 Å². The summed E-state index contributed by atoms with van der Waals surface area (Å²) in [5.74, 6) is 0. The normalized spacial score (nSPS) is 9.42. The van der Waals surface area contributed by atoms with Crippen LogP contribution in [-0.2, 0) is 6.42 Å². The Hall–Kier alpha value is -1.20. The number of nitriles is 1. The molecule has 1 aromatic carbocycles. The van der Waals surface area contributed by atoms with Gasteiger partial charge in [0, 0.05) is 10.7 Å². The summed E-state index contributed by atoms with van der Waals surface area (Å²) in [4.78, 5) is 0. The summed E-state index contributed by atoms with van der Waals surface area (Å²) < 4.78 is 0. The van der Waals surface area contributed by atoms with Crippen molar-refractivity contribution in [3.8, 4) is 6.07 Å². The number of nitrogen functional groups attached to an aromatic ring is 1. The lowest BCUT2D eigenvalue weighted by Gasteiger charge is -2.04. The van der Waals surface area contributed by atoms with Crippen LogP contribution in [-0.4, -0.2) is 0 Å². The van der Waals surface area contributed by atoms with Crippen LogP contribution in [0.15, 0.2) is 12.1 Å². The molecule has 0 spiro atoms. The molecule has 0 unspecified atom stereocenters. The van der Waals surface area contributed by atoms with Crippen molar-refractivity contribution in [3.05, 3.63) is 28.3 Å². The topological polar surface area (TPSA) is 49.8 Å². The van der Waals surface area contributed by atoms with Crippen molar-refractivity contribution >= 4 is 17.3 Å². The molecule has 1 aromatic rings. The average molecular weight is 181 g/mol. The van der Waals surface area contributed by atoms with E-state index in [-0.39, 0.29) is 0 Å². The predicted octanol–water partition coefficient (Wildman–Crippen LogP) is 2.30. The molecule has 0 radical (unpaired) electrons. The molecule has 62 valence electrons. The zero-order valence-corrected chi connectivity index (χ0v) is 7.52. The number of anilines is 1. The molecule has 0 aliphatic rings. The van der Waals surface area contributed by atoms with Crippen LogP contribution >= 0.6 is 11.6 Å².